The molecule has 0 heterocycles. The fraction of sp³-hybridized carbons (Fsp3) is 0.429. The number of nitrogens with one attached hydrogen (secondary N) is 1. The smallest absolute Gasteiger partial charge is 0.224 e. The van der Waals surface area contributed by atoms with Crippen LogP contribution in [0.25, 0.3) is 0 Å². The molecule has 4 heteroatoms. The van der Waals surface area contributed by atoms with E-state index in [-0.39, 0.29) is 12.3 Å². The zero-order chi connectivity index (χ0) is 13.8. The Kier molecular flexibility index (Phi) is 4.48. The van der Waals surface area contributed by atoms with Crippen LogP contribution >= 0.6 is 0 Å². The first-order valence-electron chi connectivity index (χ1n) is 5.94. The van der Waals surface area contributed by atoms with Crippen LogP contribution in [0.5, 0.6) is 0 Å². The summed E-state index contributed by atoms with van der Waals surface area (Å²) in [5, 5.41) is 2.82. The molecule has 0 atom stereocenters. The third-order valence-corrected chi connectivity index (χ3v) is 2.71. The number of carbonyl (C=O) groups is 2. The summed E-state index contributed by atoms with van der Waals surface area (Å²) in [6.07, 6.45) is 0.446. The van der Waals surface area contributed by atoms with Gasteiger partial charge < -0.3 is 11.1 Å². The molecule has 1 rings (SSSR count). The Morgan fingerprint density at radius 1 is 1.28 bits per heavy atom. The Hall–Kier alpha value is -1.84. The number of benzene rings is 1. The van der Waals surface area contributed by atoms with Crippen molar-refractivity contribution >= 4 is 11.8 Å². The fourth-order valence-electron chi connectivity index (χ4n) is 1.88. The van der Waals surface area contributed by atoms with Crippen LogP contribution < -0.4 is 11.1 Å². The molecule has 0 aliphatic rings. The summed E-state index contributed by atoms with van der Waals surface area (Å²) in [5.41, 5.74) is 6.61. The summed E-state index contributed by atoms with van der Waals surface area (Å²) in [7, 11) is 0. The van der Waals surface area contributed by atoms with E-state index in [1.54, 1.807) is 13.8 Å². The van der Waals surface area contributed by atoms with Gasteiger partial charge in [-0.2, -0.15) is 0 Å². The van der Waals surface area contributed by atoms with Crippen molar-refractivity contribution in [2.75, 3.05) is 0 Å². The third kappa shape index (κ3) is 4.57. The van der Waals surface area contributed by atoms with Gasteiger partial charge in [0, 0.05) is 12.0 Å². The Bertz CT molecular complexity index is 453. The second-order valence-corrected chi connectivity index (χ2v) is 5.18. The standard InChI is InChI=1S/C14H20N2O2/c1-10-6-4-5-7-11(10)8-13(18)16-14(2,3)9-12(15)17/h4-7H,8-9H2,1-3H3,(H2,15,17)(H,16,18). The molecule has 0 aromatic heterocycles. The van der Waals surface area contributed by atoms with Crippen molar-refractivity contribution in [1.82, 2.24) is 5.32 Å². The summed E-state index contributed by atoms with van der Waals surface area (Å²) < 4.78 is 0. The van der Waals surface area contributed by atoms with Gasteiger partial charge in [-0.3, -0.25) is 9.59 Å². The third-order valence-electron chi connectivity index (χ3n) is 2.71. The van der Waals surface area contributed by atoms with Gasteiger partial charge >= 0.3 is 0 Å². The number of amides is 2. The van der Waals surface area contributed by atoms with Crippen LogP contribution in [0.2, 0.25) is 0 Å². The first-order chi connectivity index (χ1) is 8.30. The maximum atomic E-state index is 11.9. The maximum absolute atomic E-state index is 11.9. The number of aryl methyl sites for hydroxylation is 1. The number of hydrogen-bond acceptors (Lipinski definition) is 2. The SMILES string of the molecule is Cc1ccccc1CC(=O)NC(C)(C)CC(N)=O. The van der Waals surface area contributed by atoms with E-state index in [9.17, 15) is 9.59 Å². The van der Waals surface area contributed by atoms with Gasteiger partial charge in [-0.15, -0.1) is 0 Å². The first-order valence-corrected chi connectivity index (χ1v) is 5.94. The Balaban J connectivity index is 2.62. The van der Waals surface area contributed by atoms with Crippen molar-refractivity contribution in [2.45, 2.75) is 39.2 Å². The second-order valence-electron chi connectivity index (χ2n) is 5.18. The molecule has 0 fully saturated rings. The summed E-state index contributed by atoms with van der Waals surface area (Å²) in [6.45, 7) is 5.54. The zero-order valence-electron chi connectivity index (χ0n) is 11.1. The van der Waals surface area contributed by atoms with Gasteiger partial charge in [0.25, 0.3) is 0 Å². The highest BCUT2D eigenvalue weighted by Gasteiger charge is 2.22. The minimum absolute atomic E-state index is 0.101. The van der Waals surface area contributed by atoms with E-state index in [1.165, 1.54) is 0 Å². The van der Waals surface area contributed by atoms with Gasteiger partial charge in [0.05, 0.1) is 6.42 Å². The van der Waals surface area contributed by atoms with Gasteiger partial charge in [0.15, 0.2) is 0 Å². The predicted octanol–water partition coefficient (Wildman–Crippen LogP) is 1.31. The van der Waals surface area contributed by atoms with Crippen molar-refractivity contribution in [3.8, 4) is 0 Å². The largest absolute Gasteiger partial charge is 0.370 e. The van der Waals surface area contributed by atoms with Crippen LogP contribution in [0.3, 0.4) is 0 Å². The Morgan fingerprint density at radius 2 is 1.89 bits per heavy atom. The highest BCUT2D eigenvalue weighted by Crippen LogP contribution is 2.11. The molecule has 0 aliphatic heterocycles. The van der Waals surface area contributed by atoms with Crippen molar-refractivity contribution in [2.24, 2.45) is 5.73 Å². The number of rotatable bonds is 5. The maximum Gasteiger partial charge on any atom is 0.224 e. The van der Waals surface area contributed by atoms with Crippen molar-refractivity contribution in [3.05, 3.63) is 35.4 Å². The molecule has 3 N–H and O–H groups in total. The lowest BCUT2D eigenvalue weighted by Crippen LogP contribution is -2.46. The van der Waals surface area contributed by atoms with Gasteiger partial charge in [-0.25, -0.2) is 0 Å². The first kappa shape index (κ1) is 14.2. The van der Waals surface area contributed by atoms with Crippen LogP contribution in [0, 0.1) is 6.92 Å². The number of carbonyl (C=O) groups excluding carboxylic acids is 2. The molecule has 0 bridgehead atoms. The summed E-state index contributed by atoms with van der Waals surface area (Å²) in [4.78, 5) is 22.8. The van der Waals surface area contributed by atoms with E-state index >= 15 is 0 Å². The van der Waals surface area contributed by atoms with Gasteiger partial charge in [0.1, 0.15) is 0 Å². The summed E-state index contributed by atoms with van der Waals surface area (Å²) in [6, 6.07) is 7.74. The van der Waals surface area contributed by atoms with Crippen LogP contribution in [0.1, 0.15) is 31.4 Å². The minimum atomic E-state index is -0.606. The second kappa shape index (κ2) is 5.67. The van der Waals surface area contributed by atoms with E-state index in [4.69, 9.17) is 5.73 Å². The van der Waals surface area contributed by atoms with E-state index in [2.05, 4.69) is 5.32 Å². The van der Waals surface area contributed by atoms with Gasteiger partial charge in [0.2, 0.25) is 11.8 Å². The summed E-state index contributed by atoms with van der Waals surface area (Å²) in [5.74, 6) is -0.522. The molecular formula is C14H20N2O2. The van der Waals surface area contributed by atoms with Crippen LogP contribution in [0.4, 0.5) is 0 Å². The lowest BCUT2D eigenvalue weighted by atomic mass is 9.99. The molecule has 0 saturated heterocycles. The fourth-order valence-corrected chi connectivity index (χ4v) is 1.88. The van der Waals surface area contributed by atoms with Crippen molar-refractivity contribution < 1.29 is 9.59 Å². The zero-order valence-corrected chi connectivity index (χ0v) is 11.1. The van der Waals surface area contributed by atoms with Crippen LogP contribution in [-0.2, 0) is 16.0 Å². The molecule has 4 nitrogen and oxygen atoms in total. The number of primary amides is 1. The normalized spacial score (nSPS) is 11.1. The quantitative estimate of drug-likeness (QED) is 0.824. The van der Waals surface area contributed by atoms with Crippen molar-refractivity contribution in [3.63, 3.8) is 0 Å². The van der Waals surface area contributed by atoms with Crippen LogP contribution in [0.15, 0.2) is 24.3 Å². The molecule has 1 aromatic carbocycles. The number of nitrogens with two attached hydrogens (primary N) is 1. The lowest BCUT2D eigenvalue weighted by molar-refractivity contribution is -0.123. The van der Waals surface area contributed by atoms with Crippen LogP contribution in [-0.4, -0.2) is 17.4 Å². The molecule has 0 radical (unpaired) electrons. The van der Waals surface area contributed by atoms with Crippen molar-refractivity contribution in [1.29, 1.82) is 0 Å². The lowest BCUT2D eigenvalue weighted by Gasteiger charge is -2.24. The molecule has 0 spiro atoms. The summed E-state index contributed by atoms with van der Waals surface area (Å²) >= 11 is 0. The molecule has 0 unspecified atom stereocenters. The monoisotopic (exact) mass is 248 g/mol. The van der Waals surface area contributed by atoms with E-state index < -0.39 is 11.4 Å². The van der Waals surface area contributed by atoms with Gasteiger partial charge in [-0.1, -0.05) is 24.3 Å². The molecule has 0 saturated carbocycles. The molecule has 18 heavy (non-hydrogen) atoms. The molecule has 0 aliphatic carbocycles. The Labute approximate surface area is 108 Å². The van der Waals surface area contributed by atoms with Gasteiger partial charge in [-0.05, 0) is 31.9 Å². The average Bonchev–Trinajstić information content (AvgIpc) is 2.18. The molecule has 98 valence electrons. The topological polar surface area (TPSA) is 72.2 Å². The van der Waals surface area contributed by atoms with E-state index in [1.807, 2.05) is 31.2 Å². The molecule has 2 amide bonds. The predicted molar refractivity (Wildman–Crippen MR) is 70.9 cm³/mol. The molecular weight excluding hydrogens is 228 g/mol. The van der Waals surface area contributed by atoms with E-state index in [0.29, 0.717) is 6.42 Å². The number of hydrogen-bond donors (Lipinski definition) is 2. The highest BCUT2D eigenvalue weighted by atomic mass is 16.2. The average molecular weight is 248 g/mol. The molecule has 1 aromatic rings. The van der Waals surface area contributed by atoms with E-state index in [0.717, 1.165) is 11.1 Å². The minimum Gasteiger partial charge on any atom is -0.370 e. The highest BCUT2D eigenvalue weighted by molar-refractivity contribution is 5.81. The Morgan fingerprint density at radius 3 is 2.44 bits per heavy atom.